The summed E-state index contributed by atoms with van der Waals surface area (Å²) in [6.07, 6.45) is 15.3. The van der Waals surface area contributed by atoms with Crippen molar-refractivity contribution in [3.05, 3.63) is 107 Å². The molecule has 0 aromatic heterocycles. The van der Waals surface area contributed by atoms with E-state index >= 15 is 0 Å². The SMILES string of the molecule is CC([O-])=C1C=CC=C1.[Fe+2].[O-]C(Cc1ccccc1)=C1C=CC=C1. The minimum absolute atomic E-state index is 0. The van der Waals surface area contributed by atoms with E-state index in [1.807, 2.05) is 78.9 Å². The van der Waals surface area contributed by atoms with E-state index < -0.39 is 0 Å². The third-order valence-corrected chi connectivity index (χ3v) is 3.26. The van der Waals surface area contributed by atoms with Crippen molar-refractivity contribution in [3.8, 4) is 0 Å². The molecule has 0 atom stereocenters. The van der Waals surface area contributed by atoms with Crippen molar-refractivity contribution in [3.63, 3.8) is 0 Å². The van der Waals surface area contributed by atoms with Gasteiger partial charge in [0.1, 0.15) is 0 Å². The fourth-order valence-electron chi connectivity index (χ4n) is 2.05. The zero-order valence-electron chi connectivity index (χ0n) is 12.9. The van der Waals surface area contributed by atoms with Crippen molar-refractivity contribution in [2.45, 2.75) is 13.3 Å². The Kier molecular flexibility index (Phi) is 7.96. The van der Waals surface area contributed by atoms with Gasteiger partial charge in [0.25, 0.3) is 0 Å². The van der Waals surface area contributed by atoms with Crippen molar-refractivity contribution in [1.29, 1.82) is 0 Å². The average molecular weight is 346 g/mol. The zero-order valence-corrected chi connectivity index (χ0v) is 14.0. The van der Waals surface area contributed by atoms with Gasteiger partial charge in [-0.2, -0.15) is 0 Å². The maximum atomic E-state index is 11.7. The average Bonchev–Trinajstić information content (AvgIpc) is 3.23. The second-order valence-electron chi connectivity index (χ2n) is 4.99. The molecule has 0 fully saturated rings. The van der Waals surface area contributed by atoms with E-state index in [4.69, 9.17) is 0 Å². The molecular formula is C20H18FeO2. The fraction of sp³-hybridized carbons (Fsp3) is 0.100. The Hall–Kier alpha value is -2.22. The van der Waals surface area contributed by atoms with Crippen molar-refractivity contribution < 1.29 is 27.3 Å². The predicted molar refractivity (Wildman–Crippen MR) is 86.4 cm³/mol. The van der Waals surface area contributed by atoms with Crippen molar-refractivity contribution in [2.75, 3.05) is 0 Å². The van der Waals surface area contributed by atoms with Crippen LogP contribution >= 0.6 is 0 Å². The minimum atomic E-state index is 0. The zero-order chi connectivity index (χ0) is 15.8. The third-order valence-electron chi connectivity index (χ3n) is 3.26. The summed E-state index contributed by atoms with van der Waals surface area (Å²) in [4.78, 5) is 0. The first-order chi connectivity index (χ1) is 10.7. The summed E-state index contributed by atoms with van der Waals surface area (Å²) < 4.78 is 0. The van der Waals surface area contributed by atoms with Crippen LogP contribution in [0.15, 0.2) is 102 Å². The Bertz CT molecular complexity index is 658. The molecule has 2 aliphatic rings. The molecular weight excluding hydrogens is 328 g/mol. The molecule has 0 saturated heterocycles. The second kappa shape index (κ2) is 9.73. The summed E-state index contributed by atoms with van der Waals surface area (Å²) in [5, 5.41) is 22.2. The molecule has 0 spiro atoms. The number of rotatable bonds is 2. The van der Waals surface area contributed by atoms with Gasteiger partial charge >= 0.3 is 17.1 Å². The first kappa shape index (κ1) is 18.8. The molecule has 0 saturated carbocycles. The van der Waals surface area contributed by atoms with Gasteiger partial charge in [0.15, 0.2) is 0 Å². The van der Waals surface area contributed by atoms with Gasteiger partial charge in [-0.1, -0.05) is 85.9 Å². The third kappa shape index (κ3) is 6.19. The van der Waals surface area contributed by atoms with Gasteiger partial charge in [0, 0.05) is 0 Å². The van der Waals surface area contributed by atoms with Crippen LogP contribution < -0.4 is 10.2 Å². The van der Waals surface area contributed by atoms with Crippen LogP contribution in [0.2, 0.25) is 0 Å². The monoisotopic (exact) mass is 346 g/mol. The molecule has 23 heavy (non-hydrogen) atoms. The van der Waals surface area contributed by atoms with E-state index in [9.17, 15) is 10.2 Å². The summed E-state index contributed by atoms with van der Waals surface area (Å²) in [6.45, 7) is 1.56. The van der Waals surface area contributed by atoms with E-state index in [0.29, 0.717) is 6.42 Å². The molecule has 2 aliphatic carbocycles. The smallest absolute Gasteiger partial charge is 0.875 e. The standard InChI is InChI=1S/C13H12O.C7H8O.Fe/c14-13(12-8-4-5-9-12)10-11-6-2-1-3-7-11;1-6(8)7-4-2-3-5-7;/h1-9,14H,10H2;2-5,8H,1H3;/q;;+2/p-2. The molecule has 118 valence electrons. The number of hydrogen-bond acceptors (Lipinski definition) is 2. The van der Waals surface area contributed by atoms with Gasteiger partial charge < -0.3 is 10.2 Å². The quantitative estimate of drug-likeness (QED) is 0.611. The van der Waals surface area contributed by atoms with Crippen LogP contribution in [-0.4, -0.2) is 0 Å². The normalized spacial score (nSPS) is 13.6. The van der Waals surface area contributed by atoms with Gasteiger partial charge in [-0.25, -0.2) is 0 Å². The maximum absolute atomic E-state index is 11.7. The molecule has 0 aliphatic heterocycles. The molecule has 0 radical (unpaired) electrons. The van der Waals surface area contributed by atoms with E-state index in [2.05, 4.69) is 0 Å². The van der Waals surface area contributed by atoms with Crippen LogP contribution in [0.25, 0.3) is 0 Å². The summed E-state index contributed by atoms with van der Waals surface area (Å²) in [6, 6.07) is 9.80. The van der Waals surface area contributed by atoms with Gasteiger partial charge in [-0.05, 0) is 23.1 Å². The topological polar surface area (TPSA) is 46.1 Å². The van der Waals surface area contributed by atoms with E-state index in [0.717, 1.165) is 16.7 Å². The molecule has 0 heterocycles. The van der Waals surface area contributed by atoms with Crippen molar-refractivity contribution >= 4 is 0 Å². The van der Waals surface area contributed by atoms with E-state index in [1.54, 1.807) is 6.92 Å². The Balaban J connectivity index is 0.000000253. The summed E-state index contributed by atoms with van der Waals surface area (Å²) >= 11 is 0. The second-order valence-corrected chi connectivity index (χ2v) is 4.99. The van der Waals surface area contributed by atoms with Crippen LogP contribution in [0.4, 0.5) is 0 Å². The molecule has 1 aromatic rings. The molecule has 0 unspecified atom stereocenters. The Morgan fingerprint density at radius 2 is 1.26 bits per heavy atom. The van der Waals surface area contributed by atoms with Crippen LogP contribution in [0, 0.1) is 0 Å². The van der Waals surface area contributed by atoms with Crippen molar-refractivity contribution in [2.24, 2.45) is 0 Å². The number of hydrogen-bond donors (Lipinski definition) is 0. The number of allylic oxidation sites excluding steroid dienone is 12. The van der Waals surface area contributed by atoms with Crippen molar-refractivity contribution in [1.82, 2.24) is 0 Å². The molecule has 3 heteroatoms. The van der Waals surface area contributed by atoms with Gasteiger partial charge in [-0.3, -0.25) is 0 Å². The first-order valence-corrected chi connectivity index (χ1v) is 7.18. The Morgan fingerprint density at radius 3 is 1.70 bits per heavy atom. The molecule has 3 rings (SSSR count). The first-order valence-electron chi connectivity index (χ1n) is 7.18. The van der Waals surface area contributed by atoms with Crippen LogP contribution in [0.3, 0.4) is 0 Å². The predicted octanol–water partition coefficient (Wildman–Crippen LogP) is 2.71. The minimum Gasteiger partial charge on any atom is -0.875 e. The van der Waals surface area contributed by atoms with E-state index in [1.165, 1.54) is 0 Å². The largest absolute Gasteiger partial charge is 2.00 e. The van der Waals surface area contributed by atoms with Crippen LogP contribution in [0.1, 0.15) is 12.5 Å². The van der Waals surface area contributed by atoms with Crippen LogP contribution in [-0.2, 0) is 23.5 Å². The Morgan fingerprint density at radius 1 is 0.783 bits per heavy atom. The molecule has 0 amide bonds. The maximum Gasteiger partial charge on any atom is 2.00 e. The Labute approximate surface area is 148 Å². The molecule has 1 aromatic carbocycles. The molecule has 0 bridgehead atoms. The van der Waals surface area contributed by atoms with Gasteiger partial charge in [0.05, 0.1) is 0 Å². The summed E-state index contributed by atoms with van der Waals surface area (Å²) in [7, 11) is 0. The van der Waals surface area contributed by atoms with Crippen LogP contribution in [0.5, 0.6) is 0 Å². The molecule has 0 N–H and O–H groups in total. The van der Waals surface area contributed by atoms with Gasteiger partial charge in [0.2, 0.25) is 0 Å². The van der Waals surface area contributed by atoms with Gasteiger partial charge in [-0.15, -0.1) is 11.5 Å². The fourth-order valence-corrected chi connectivity index (χ4v) is 2.05. The number of benzene rings is 1. The summed E-state index contributed by atoms with van der Waals surface area (Å²) in [5.41, 5.74) is 2.66. The van der Waals surface area contributed by atoms with E-state index in [-0.39, 0.29) is 28.6 Å². The molecule has 2 nitrogen and oxygen atoms in total. The summed E-state index contributed by atoms with van der Waals surface area (Å²) in [5.74, 6) is 0.316.